The molecule has 1 fully saturated rings. The van der Waals surface area contributed by atoms with E-state index in [2.05, 4.69) is 24.9 Å². The summed E-state index contributed by atoms with van der Waals surface area (Å²) in [5.74, 6) is 0. The van der Waals surface area contributed by atoms with Crippen molar-refractivity contribution < 1.29 is 13.0 Å². The van der Waals surface area contributed by atoms with Crippen LogP contribution in [0, 0.1) is 0 Å². The molecule has 0 aromatic heterocycles. The summed E-state index contributed by atoms with van der Waals surface area (Å²) in [6, 6.07) is 0. The highest BCUT2D eigenvalue weighted by molar-refractivity contribution is 7.85. The molecule has 0 amide bonds. The van der Waals surface area contributed by atoms with Crippen LogP contribution in [0.1, 0.15) is 71.1 Å². The third kappa shape index (κ3) is 15.7. The highest BCUT2D eigenvalue weighted by atomic mass is 32.2. The van der Waals surface area contributed by atoms with Crippen LogP contribution >= 0.6 is 0 Å². The Hall–Kier alpha value is -0.550. The maximum atomic E-state index is 9.19. The molecule has 0 saturated carbocycles. The van der Waals surface area contributed by atoms with E-state index in [1.165, 1.54) is 70.8 Å². The van der Waals surface area contributed by atoms with E-state index >= 15 is 0 Å². The molecule has 1 N–H and O–H groups in total. The molecule has 0 atom stereocenters. The number of likely N-dealkylation sites (tertiary alicyclic amines) is 1. The Morgan fingerprint density at radius 1 is 1.14 bits per heavy atom. The van der Waals surface area contributed by atoms with Gasteiger partial charge in [0.1, 0.15) is 0 Å². The van der Waals surface area contributed by atoms with E-state index in [0.717, 1.165) is 0 Å². The van der Waals surface area contributed by atoms with E-state index in [1.54, 1.807) is 5.70 Å². The molecule has 1 rings (SSSR count). The van der Waals surface area contributed by atoms with Crippen LogP contribution < -0.4 is 0 Å². The summed E-state index contributed by atoms with van der Waals surface area (Å²) in [5.41, 5.74) is 1.60. The Labute approximate surface area is 131 Å². The van der Waals surface area contributed by atoms with Gasteiger partial charge >= 0.3 is 0 Å². The van der Waals surface area contributed by atoms with Gasteiger partial charge in [-0.05, 0) is 32.1 Å². The predicted molar refractivity (Wildman–Crippen MR) is 90.0 cm³/mol. The first kappa shape index (κ1) is 20.5. The zero-order chi connectivity index (χ0) is 16.1. The standard InChI is InChI=1S/C15H29N.CH4O3S/c1-3-4-5-6-7-8-9-12-15-13-10-11-14-16(15)2;1-5(2,3)4/h12H,3-11,13-14H2,1-2H3;1H3,(H,2,3,4). The van der Waals surface area contributed by atoms with Crippen LogP contribution in [0.3, 0.4) is 0 Å². The topological polar surface area (TPSA) is 57.6 Å². The van der Waals surface area contributed by atoms with Crippen molar-refractivity contribution >= 4 is 10.1 Å². The average molecular weight is 320 g/mol. The molecule has 0 radical (unpaired) electrons. The summed E-state index contributed by atoms with van der Waals surface area (Å²) < 4.78 is 25.9. The lowest BCUT2D eigenvalue weighted by Crippen LogP contribution is -2.23. The number of unbranched alkanes of at least 4 members (excludes halogenated alkanes) is 6. The fourth-order valence-corrected chi connectivity index (χ4v) is 2.44. The summed E-state index contributed by atoms with van der Waals surface area (Å²) >= 11 is 0. The molecule has 1 heterocycles. The molecule has 0 unspecified atom stereocenters. The van der Waals surface area contributed by atoms with Crippen LogP contribution in [-0.4, -0.2) is 37.7 Å². The van der Waals surface area contributed by atoms with Crippen molar-refractivity contribution in [1.82, 2.24) is 4.90 Å². The van der Waals surface area contributed by atoms with E-state index < -0.39 is 10.1 Å². The van der Waals surface area contributed by atoms with Gasteiger partial charge in [-0.15, -0.1) is 0 Å². The van der Waals surface area contributed by atoms with Crippen molar-refractivity contribution in [2.75, 3.05) is 19.8 Å². The Kier molecular flexibility index (Phi) is 11.7. The Morgan fingerprint density at radius 3 is 2.29 bits per heavy atom. The van der Waals surface area contributed by atoms with Crippen LogP contribution in [0.25, 0.3) is 0 Å². The zero-order valence-electron chi connectivity index (χ0n) is 14.0. The van der Waals surface area contributed by atoms with Gasteiger partial charge in [0.25, 0.3) is 10.1 Å². The smallest absolute Gasteiger partial charge is 0.261 e. The quantitative estimate of drug-likeness (QED) is 0.563. The minimum atomic E-state index is -3.67. The molecule has 0 aromatic rings. The van der Waals surface area contributed by atoms with Crippen LogP contribution in [-0.2, 0) is 10.1 Å². The van der Waals surface area contributed by atoms with Gasteiger partial charge < -0.3 is 4.90 Å². The number of hydrogen-bond acceptors (Lipinski definition) is 3. The minimum absolute atomic E-state index is 0.715. The van der Waals surface area contributed by atoms with Gasteiger partial charge in [0.05, 0.1) is 6.26 Å². The van der Waals surface area contributed by atoms with Crippen molar-refractivity contribution in [3.63, 3.8) is 0 Å². The molecule has 0 aliphatic carbocycles. The molecule has 1 saturated heterocycles. The summed E-state index contributed by atoms with van der Waals surface area (Å²) in [6.45, 7) is 3.55. The molecule has 0 spiro atoms. The van der Waals surface area contributed by atoms with E-state index in [1.807, 2.05) is 0 Å². The summed E-state index contributed by atoms with van der Waals surface area (Å²) in [5, 5.41) is 0. The van der Waals surface area contributed by atoms with Crippen molar-refractivity contribution in [2.24, 2.45) is 0 Å². The summed E-state index contributed by atoms with van der Waals surface area (Å²) in [6.07, 6.45) is 17.1. The van der Waals surface area contributed by atoms with E-state index in [-0.39, 0.29) is 0 Å². The number of piperidine rings is 1. The van der Waals surface area contributed by atoms with E-state index in [0.29, 0.717) is 6.26 Å². The predicted octanol–water partition coefficient (Wildman–Crippen LogP) is 4.24. The highest BCUT2D eigenvalue weighted by Gasteiger charge is 2.09. The normalized spacial score (nSPS) is 17.5. The van der Waals surface area contributed by atoms with Gasteiger partial charge in [-0.2, -0.15) is 8.42 Å². The van der Waals surface area contributed by atoms with E-state index in [9.17, 15) is 8.42 Å². The summed E-state index contributed by atoms with van der Waals surface area (Å²) in [7, 11) is -1.42. The molecule has 1 aliphatic rings. The lowest BCUT2D eigenvalue weighted by atomic mass is 10.0. The molecule has 5 heteroatoms. The molecule has 21 heavy (non-hydrogen) atoms. The Balaban J connectivity index is 0.000000690. The lowest BCUT2D eigenvalue weighted by Gasteiger charge is -2.27. The summed E-state index contributed by atoms with van der Waals surface area (Å²) in [4.78, 5) is 2.45. The van der Waals surface area contributed by atoms with Crippen LogP contribution in [0.2, 0.25) is 0 Å². The number of nitrogens with zero attached hydrogens (tertiary/aromatic N) is 1. The van der Waals surface area contributed by atoms with Gasteiger partial charge in [0.2, 0.25) is 0 Å². The molecule has 1 aliphatic heterocycles. The minimum Gasteiger partial charge on any atom is -0.378 e. The fraction of sp³-hybridized carbons (Fsp3) is 0.875. The number of hydrogen-bond donors (Lipinski definition) is 1. The van der Waals surface area contributed by atoms with E-state index in [4.69, 9.17) is 4.55 Å². The van der Waals surface area contributed by atoms with Gasteiger partial charge in [-0.25, -0.2) is 0 Å². The second-order valence-corrected chi connectivity index (χ2v) is 7.33. The van der Waals surface area contributed by atoms with Crippen LogP contribution in [0.4, 0.5) is 0 Å². The van der Waals surface area contributed by atoms with Crippen molar-refractivity contribution in [1.29, 1.82) is 0 Å². The molecule has 126 valence electrons. The second-order valence-electron chi connectivity index (χ2n) is 5.86. The molecular formula is C16H33NO3S. The lowest BCUT2D eigenvalue weighted by molar-refractivity contribution is 0.343. The average Bonchev–Trinajstić information content (AvgIpc) is 2.38. The molecule has 4 nitrogen and oxygen atoms in total. The Bertz CT molecular complexity index is 369. The largest absolute Gasteiger partial charge is 0.378 e. The van der Waals surface area contributed by atoms with Gasteiger partial charge in [-0.1, -0.05) is 45.1 Å². The van der Waals surface area contributed by atoms with Crippen LogP contribution in [0.15, 0.2) is 11.8 Å². The maximum absolute atomic E-state index is 9.19. The molecule has 0 aromatic carbocycles. The zero-order valence-corrected chi connectivity index (χ0v) is 14.8. The van der Waals surface area contributed by atoms with Gasteiger partial charge in [0, 0.05) is 19.3 Å². The number of allylic oxidation sites excluding steroid dienone is 2. The fourth-order valence-electron chi connectivity index (χ4n) is 2.44. The van der Waals surface area contributed by atoms with Crippen molar-refractivity contribution in [3.05, 3.63) is 11.8 Å². The van der Waals surface area contributed by atoms with Crippen LogP contribution in [0.5, 0.6) is 0 Å². The highest BCUT2D eigenvalue weighted by Crippen LogP contribution is 2.19. The SMILES string of the molecule is CCCCCCCCC=C1CCCCN1C.CS(=O)(=O)O. The number of rotatable bonds is 7. The monoisotopic (exact) mass is 319 g/mol. The first-order chi connectivity index (χ1) is 9.84. The molecule has 0 bridgehead atoms. The third-order valence-corrected chi connectivity index (χ3v) is 3.60. The first-order valence-electron chi connectivity index (χ1n) is 8.17. The first-order valence-corrected chi connectivity index (χ1v) is 10.0. The Morgan fingerprint density at radius 2 is 1.71 bits per heavy atom. The van der Waals surface area contributed by atoms with Crippen molar-refractivity contribution in [3.8, 4) is 0 Å². The van der Waals surface area contributed by atoms with Gasteiger partial charge in [0.15, 0.2) is 0 Å². The maximum Gasteiger partial charge on any atom is 0.261 e. The van der Waals surface area contributed by atoms with Crippen molar-refractivity contribution in [2.45, 2.75) is 71.1 Å². The third-order valence-electron chi connectivity index (χ3n) is 3.60. The molecular weight excluding hydrogens is 286 g/mol. The second kappa shape index (κ2) is 12.0. The van der Waals surface area contributed by atoms with Gasteiger partial charge in [-0.3, -0.25) is 4.55 Å².